The number of benzene rings is 1. The molecule has 106 valence electrons. The molecule has 0 radical (unpaired) electrons. The molecule has 0 aromatic heterocycles. The van der Waals surface area contributed by atoms with E-state index in [1.54, 1.807) is 18.9 Å². The van der Waals surface area contributed by atoms with Gasteiger partial charge in [-0.2, -0.15) is 11.8 Å². The van der Waals surface area contributed by atoms with E-state index in [1.165, 1.54) is 0 Å². The molecule has 0 saturated carbocycles. The maximum atomic E-state index is 11.9. The highest BCUT2D eigenvalue weighted by atomic mass is 79.9. The first-order valence-electron chi connectivity index (χ1n) is 5.91. The first kappa shape index (κ1) is 16.3. The summed E-state index contributed by atoms with van der Waals surface area (Å²) in [7, 11) is 1.63. The van der Waals surface area contributed by atoms with Crippen molar-refractivity contribution in [3.8, 4) is 0 Å². The third-order valence-electron chi connectivity index (χ3n) is 2.45. The van der Waals surface area contributed by atoms with Crippen LogP contribution in [0.5, 0.6) is 0 Å². The van der Waals surface area contributed by atoms with Gasteiger partial charge in [0.05, 0.1) is 6.61 Å². The fourth-order valence-electron chi connectivity index (χ4n) is 1.64. The average molecular weight is 347 g/mol. The normalized spacial score (nSPS) is 12.0. The smallest absolute Gasteiger partial charge is 0.319 e. The van der Waals surface area contributed by atoms with Crippen LogP contribution in [0.2, 0.25) is 0 Å². The van der Waals surface area contributed by atoms with Crippen molar-refractivity contribution in [2.45, 2.75) is 19.6 Å². The highest BCUT2D eigenvalue weighted by Crippen LogP contribution is 2.25. The largest absolute Gasteiger partial charge is 0.380 e. The van der Waals surface area contributed by atoms with Gasteiger partial charge < -0.3 is 15.4 Å². The summed E-state index contributed by atoms with van der Waals surface area (Å²) < 4.78 is 6.07. The standard InChI is InChI=1S/C13H19BrN2O2S/c1-9(8-19-3)15-13(17)16-12-6-4-5-11(14)10(12)7-18-2/h4-6,9H,7-8H2,1-3H3,(H2,15,16,17)/t9-/m0/s1. The molecule has 1 aromatic carbocycles. The van der Waals surface area contributed by atoms with Gasteiger partial charge in [-0.25, -0.2) is 4.79 Å². The third-order valence-corrected chi connectivity index (χ3v) is 4.03. The second-order valence-electron chi connectivity index (χ2n) is 4.15. The summed E-state index contributed by atoms with van der Waals surface area (Å²) in [6.45, 7) is 2.42. The van der Waals surface area contributed by atoms with Gasteiger partial charge in [0.25, 0.3) is 0 Å². The van der Waals surface area contributed by atoms with E-state index in [9.17, 15) is 4.79 Å². The van der Waals surface area contributed by atoms with Crippen LogP contribution in [0, 0.1) is 0 Å². The summed E-state index contributed by atoms with van der Waals surface area (Å²) in [4.78, 5) is 11.9. The van der Waals surface area contributed by atoms with Crippen LogP contribution in [-0.4, -0.2) is 31.2 Å². The number of ether oxygens (including phenoxy) is 1. The van der Waals surface area contributed by atoms with Gasteiger partial charge in [0.2, 0.25) is 0 Å². The minimum absolute atomic E-state index is 0.132. The van der Waals surface area contributed by atoms with Gasteiger partial charge in [-0.05, 0) is 25.3 Å². The Morgan fingerprint density at radius 3 is 2.89 bits per heavy atom. The number of hydrogen-bond acceptors (Lipinski definition) is 3. The van der Waals surface area contributed by atoms with E-state index in [2.05, 4.69) is 26.6 Å². The molecule has 19 heavy (non-hydrogen) atoms. The van der Waals surface area contributed by atoms with Crippen molar-refractivity contribution in [2.24, 2.45) is 0 Å². The maximum Gasteiger partial charge on any atom is 0.319 e. The zero-order chi connectivity index (χ0) is 14.3. The Labute approximate surface area is 126 Å². The first-order valence-corrected chi connectivity index (χ1v) is 8.10. The molecule has 0 spiro atoms. The van der Waals surface area contributed by atoms with E-state index < -0.39 is 0 Å². The number of carbonyl (C=O) groups excluding carboxylic acids is 1. The summed E-state index contributed by atoms with van der Waals surface area (Å²) in [5.74, 6) is 0.886. The Morgan fingerprint density at radius 2 is 2.26 bits per heavy atom. The molecule has 1 aromatic rings. The molecule has 0 aliphatic heterocycles. The summed E-state index contributed by atoms with van der Waals surface area (Å²) in [6.07, 6.45) is 2.01. The van der Waals surface area contributed by atoms with E-state index >= 15 is 0 Å². The molecule has 1 rings (SSSR count). The predicted molar refractivity (Wildman–Crippen MR) is 84.9 cm³/mol. The average Bonchev–Trinajstić information content (AvgIpc) is 2.33. The number of anilines is 1. The highest BCUT2D eigenvalue weighted by molar-refractivity contribution is 9.10. The number of halogens is 1. The molecule has 0 heterocycles. The molecular formula is C13H19BrN2O2S. The van der Waals surface area contributed by atoms with E-state index in [0.717, 1.165) is 21.5 Å². The highest BCUT2D eigenvalue weighted by Gasteiger charge is 2.11. The van der Waals surface area contributed by atoms with Crippen molar-refractivity contribution in [2.75, 3.05) is 24.4 Å². The predicted octanol–water partition coefficient (Wildman–Crippen LogP) is 3.47. The maximum absolute atomic E-state index is 11.9. The van der Waals surface area contributed by atoms with Crippen LogP contribution in [-0.2, 0) is 11.3 Å². The van der Waals surface area contributed by atoms with Crippen LogP contribution in [0.15, 0.2) is 22.7 Å². The van der Waals surface area contributed by atoms with Crippen molar-refractivity contribution in [1.82, 2.24) is 5.32 Å². The fourth-order valence-corrected chi connectivity index (χ4v) is 2.70. The summed E-state index contributed by atoms with van der Waals surface area (Å²) in [5.41, 5.74) is 1.68. The fraction of sp³-hybridized carbons (Fsp3) is 0.462. The lowest BCUT2D eigenvalue weighted by atomic mass is 10.2. The lowest BCUT2D eigenvalue weighted by Gasteiger charge is -2.16. The van der Waals surface area contributed by atoms with Gasteiger partial charge in [-0.3, -0.25) is 0 Å². The molecule has 1 atom stereocenters. The van der Waals surface area contributed by atoms with Gasteiger partial charge in [-0.15, -0.1) is 0 Å². The van der Waals surface area contributed by atoms with Crippen LogP contribution in [0.4, 0.5) is 10.5 Å². The molecule has 0 saturated heterocycles. The Bertz CT molecular complexity index is 429. The quantitative estimate of drug-likeness (QED) is 0.829. The summed E-state index contributed by atoms with van der Waals surface area (Å²) >= 11 is 5.16. The van der Waals surface area contributed by atoms with Crippen LogP contribution in [0.3, 0.4) is 0 Å². The van der Waals surface area contributed by atoms with Crippen molar-refractivity contribution in [3.63, 3.8) is 0 Å². The molecule has 6 heteroatoms. The molecule has 0 unspecified atom stereocenters. The van der Waals surface area contributed by atoms with Crippen molar-refractivity contribution >= 4 is 39.4 Å². The topological polar surface area (TPSA) is 50.4 Å². The Balaban J connectivity index is 2.71. The van der Waals surface area contributed by atoms with E-state index in [-0.39, 0.29) is 12.1 Å². The first-order chi connectivity index (χ1) is 9.08. The number of hydrogen-bond donors (Lipinski definition) is 2. The second kappa shape index (κ2) is 8.45. The Morgan fingerprint density at radius 1 is 1.53 bits per heavy atom. The Hall–Kier alpha value is -0.720. The van der Waals surface area contributed by atoms with Crippen molar-refractivity contribution < 1.29 is 9.53 Å². The van der Waals surface area contributed by atoms with E-state index in [0.29, 0.717) is 6.61 Å². The van der Waals surface area contributed by atoms with Gasteiger partial charge in [-0.1, -0.05) is 22.0 Å². The zero-order valence-corrected chi connectivity index (χ0v) is 13.7. The van der Waals surface area contributed by atoms with Gasteiger partial charge >= 0.3 is 6.03 Å². The minimum Gasteiger partial charge on any atom is -0.380 e. The van der Waals surface area contributed by atoms with Gasteiger partial charge in [0.1, 0.15) is 0 Å². The number of urea groups is 1. The lowest BCUT2D eigenvalue weighted by molar-refractivity contribution is 0.185. The Kier molecular flexibility index (Phi) is 7.27. The second-order valence-corrected chi connectivity index (χ2v) is 5.92. The van der Waals surface area contributed by atoms with Crippen LogP contribution in [0.1, 0.15) is 12.5 Å². The summed E-state index contributed by atoms with van der Waals surface area (Å²) in [6, 6.07) is 5.60. The van der Waals surface area contributed by atoms with E-state index in [1.807, 2.05) is 31.4 Å². The molecule has 4 nitrogen and oxygen atoms in total. The zero-order valence-electron chi connectivity index (χ0n) is 11.3. The lowest BCUT2D eigenvalue weighted by Crippen LogP contribution is -2.37. The molecule has 0 aliphatic carbocycles. The monoisotopic (exact) mass is 346 g/mol. The number of nitrogens with one attached hydrogen (secondary N) is 2. The summed E-state index contributed by atoms with van der Waals surface area (Å²) in [5, 5.41) is 5.75. The number of thioether (sulfide) groups is 1. The molecule has 2 N–H and O–H groups in total. The van der Waals surface area contributed by atoms with Gasteiger partial charge in [0, 0.05) is 34.6 Å². The van der Waals surface area contributed by atoms with E-state index in [4.69, 9.17) is 4.74 Å². The SMILES string of the molecule is COCc1c(Br)cccc1NC(=O)N[C@@H](C)CSC. The van der Waals surface area contributed by atoms with Crippen LogP contribution in [0.25, 0.3) is 0 Å². The molecule has 0 fully saturated rings. The molecule has 0 aliphatic rings. The van der Waals surface area contributed by atoms with Gasteiger partial charge in [0.15, 0.2) is 0 Å². The molecule has 2 amide bonds. The molecule has 0 bridgehead atoms. The van der Waals surface area contributed by atoms with Crippen LogP contribution >= 0.6 is 27.7 Å². The van der Waals surface area contributed by atoms with Crippen molar-refractivity contribution in [3.05, 3.63) is 28.2 Å². The molecular weight excluding hydrogens is 328 g/mol. The number of methoxy groups -OCH3 is 1. The van der Waals surface area contributed by atoms with Crippen molar-refractivity contribution in [1.29, 1.82) is 0 Å². The minimum atomic E-state index is -0.197. The third kappa shape index (κ3) is 5.42. The van der Waals surface area contributed by atoms with Crippen LogP contribution < -0.4 is 10.6 Å². The number of amides is 2. The number of rotatable bonds is 6. The number of carbonyl (C=O) groups is 1.